The third-order valence-corrected chi connectivity index (χ3v) is 2.90. The van der Waals surface area contributed by atoms with Gasteiger partial charge in [0.1, 0.15) is 11.5 Å². The van der Waals surface area contributed by atoms with Crippen molar-refractivity contribution in [1.82, 2.24) is 5.32 Å². The molecular formula is C14H15F3N2O. The van der Waals surface area contributed by atoms with Crippen LogP contribution in [0.5, 0.6) is 5.75 Å². The van der Waals surface area contributed by atoms with Gasteiger partial charge in [-0.15, -0.1) is 0 Å². The van der Waals surface area contributed by atoms with Crippen molar-refractivity contribution < 1.29 is 17.9 Å². The van der Waals surface area contributed by atoms with Gasteiger partial charge in [-0.2, -0.15) is 13.2 Å². The topological polar surface area (TPSA) is 33.6 Å². The Kier molecular flexibility index (Phi) is 4.32. The molecule has 3 nitrogen and oxygen atoms in total. The number of rotatable bonds is 3. The fourth-order valence-corrected chi connectivity index (χ4v) is 1.88. The second kappa shape index (κ2) is 5.98. The highest BCUT2D eigenvalue weighted by Crippen LogP contribution is 2.25. The Morgan fingerprint density at radius 1 is 1.30 bits per heavy atom. The van der Waals surface area contributed by atoms with E-state index < -0.39 is 11.9 Å². The largest absolute Gasteiger partial charge is 0.497 e. The predicted molar refractivity (Wildman–Crippen MR) is 71.5 cm³/mol. The van der Waals surface area contributed by atoms with E-state index in [4.69, 9.17) is 4.74 Å². The number of hydrogen-bond acceptors (Lipinski definition) is 3. The van der Waals surface area contributed by atoms with E-state index in [1.54, 1.807) is 12.1 Å². The molecule has 1 aliphatic heterocycles. The lowest BCUT2D eigenvalue weighted by Gasteiger charge is -2.08. The lowest BCUT2D eigenvalue weighted by atomic mass is 10.2. The molecular weight excluding hydrogens is 269 g/mol. The molecule has 1 saturated heterocycles. The third-order valence-electron chi connectivity index (χ3n) is 2.90. The van der Waals surface area contributed by atoms with Gasteiger partial charge in [-0.05, 0) is 43.2 Å². The molecule has 0 bridgehead atoms. The van der Waals surface area contributed by atoms with Crippen LogP contribution in [0, 0.1) is 0 Å². The van der Waals surface area contributed by atoms with Gasteiger partial charge < -0.3 is 10.1 Å². The van der Waals surface area contributed by atoms with Crippen molar-refractivity contribution in [1.29, 1.82) is 0 Å². The number of alkyl halides is 3. The van der Waals surface area contributed by atoms with Crippen LogP contribution in [-0.4, -0.2) is 25.5 Å². The molecule has 1 aromatic carbocycles. The number of nitrogens with zero attached hydrogens (tertiary/aromatic N) is 1. The zero-order valence-corrected chi connectivity index (χ0v) is 11.0. The summed E-state index contributed by atoms with van der Waals surface area (Å²) in [5.41, 5.74) is -0.0744. The molecule has 1 heterocycles. The van der Waals surface area contributed by atoms with Crippen molar-refractivity contribution in [3.05, 3.63) is 36.0 Å². The Morgan fingerprint density at radius 2 is 2.00 bits per heavy atom. The average Bonchev–Trinajstić information content (AvgIpc) is 2.91. The molecule has 0 spiro atoms. The van der Waals surface area contributed by atoms with Crippen molar-refractivity contribution in [2.45, 2.75) is 19.0 Å². The number of allylic oxidation sites excluding steroid dienone is 2. The van der Waals surface area contributed by atoms with Crippen LogP contribution < -0.4 is 10.1 Å². The van der Waals surface area contributed by atoms with E-state index in [0.717, 1.165) is 12.5 Å². The molecule has 20 heavy (non-hydrogen) atoms. The summed E-state index contributed by atoms with van der Waals surface area (Å²) in [7, 11) is 1.50. The molecule has 0 saturated carbocycles. The molecule has 1 aromatic rings. The lowest BCUT2D eigenvalue weighted by molar-refractivity contribution is -0.0576. The lowest BCUT2D eigenvalue weighted by Crippen LogP contribution is -2.22. The molecule has 0 radical (unpaired) electrons. The molecule has 2 rings (SSSR count). The molecule has 0 aromatic heterocycles. The minimum absolute atomic E-state index is 0.243. The summed E-state index contributed by atoms with van der Waals surface area (Å²) in [5.74, 6) is 0.577. The van der Waals surface area contributed by atoms with E-state index in [0.29, 0.717) is 24.4 Å². The second-order valence-electron chi connectivity index (χ2n) is 4.39. The predicted octanol–water partition coefficient (Wildman–Crippen LogP) is 3.60. The summed E-state index contributed by atoms with van der Waals surface area (Å²) in [4.78, 5) is 3.69. The smallest absolute Gasteiger partial charge is 0.433 e. The number of hydrogen-bond donors (Lipinski definition) is 1. The highest BCUT2D eigenvalue weighted by Gasteiger charge is 2.34. The highest BCUT2D eigenvalue weighted by molar-refractivity contribution is 6.01. The van der Waals surface area contributed by atoms with Crippen LogP contribution in [0.4, 0.5) is 18.9 Å². The molecule has 108 valence electrons. The standard InChI is InChI=1S/C14H15F3N2O/c1-20-12-6-4-10(5-7-12)19-13(14(15,16)17)9-11-3-2-8-18-11/h4-7,9,18H,2-3,8H2,1H3/b11-9-,19-13?. The monoisotopic (exact) mass is 284 g/mol. The summed E-state index contributed by atoms with van der Waals surface area (Å²) >= 11 is 0. The van der Waals surface area contributed by atoms with Crippen molar-refractivity contribution in [2.24, 2.45) is 4.99 Å². The Bertz CT molecular complexity index is 510. The van der Waals surface area contributed by atoms with Gasteiger partial charge in [-0.25, -0.2) is 4.99 Å². The summed E-state index contributed by atoms with van der Waals surface area (Å²) < 4.78 is 43.9. The molecule has 1 aliphatic rings. The van der Waals surface area contributed by atoms with Gasteiger partial charge in [0.15, 0.2) is 0 Å². The van der Waals surface area contributed by atoms with Gasteiger partial charge in [-0.3, -0.25) is 0 Å². The maximum atomic E-state index is 13.0. The number of ether oxygens (including phenoxy) is 1. The second-order valence-corrected chi connectivity index (χ2v) is 4.39. The maximum absolute atomic E-state index is 13.0. The van der Waals surface area contributed by atoms with E-state index in [2.05, 4.69) is 10.3 Å². The van der Waals surface area contributed by atoms with Crippen LogP contribution in [0.25, 0.3) is 0 Å². The number of methoxy groups -OCH3 is 1. The van der Waals surface area contributed by atoms with Crippen LogP contribution in [-0.2, 0) is 0 Å². The van der Waals surface area contributed by atoms with Gasteiger partial charge in [-0.1, -0.05) is 0 Å². The Hall–Kier alpha value is -1.98. The van der Waals surface area contributed by atoms with Crippen LogP contribution in [0.1, 0.15) is 12.8 Å². The van der Waals surface area contributed by atoms with Crippen molar-refractivity contribution in [3.63, 3.8) is 0 Å². The number of nitrogens with one attached hydrogen (secondary N) is 1. The van der Waals surface area contributed by atoms with Crippen molar-refractivity contribution in [3.8, 4) is 5.75 Å². The Morgan fingerprint density at radius 3 is 2.50 bits per heavy atom. The highest BCUT2D eigenvalue weighted by atomic mass is 19.4. The quantitative estimate of drug-likeness (QED) is 0.860. The van der Waals surface area contributed by atoms with Crippen molar-refractivity contribution in [2.75, 3.05) is 13.7 Å². The maximum Gasteiger partial charge on any atom is 0.433 e. The molecule has 1 fully saturated rings. The molecule has 0 amide bonds. The normalized spacial score (nSPS) is 18.2. The van der Waals surface area contributed by atoms with Crippen molar-refractivity contribution >= 4 is 11.4 Å². The van der Waals surface area contributed by atoms with Crippen LogP contribution in [0.15, 0.2) is 41.0 Å². The first kappa shape index (κ1) is 14.4. The molecule has 6 heteroatoms. The minimum atomic E-state index is -4.48. The summed E-state index contributed by atoms with van der Waals surface area (Å²) in [6.07, 6.45) is -1.92. The first-order valence-electron chi connectivity index (χ1n) is 6.23. The Balaban J connectivity index is 2.29. The van der Waals surface area contributed by atoms with Crippen LogP contribution >= 0.6 is 0 Å². The first-order chi connectivity index (χ1) is 9.49. The van der Waals surface area contributed by atoms with E-state index >= 15 is 0 Å². The SMILES string of the molecule is COc1ccc(N=C(/C=C2/CCCN2)C(F)(F)F)cc1. The van der Waals surface area contributed by atoms with E-state index in [1.807, 2.05) is 0 Å². The average molecular weight is 284 g/mol. The Labute approximate surface area is 115 Å². The summed E-state index contributed by atoms with van der Waals surface area (Å²) in [5, 5.41) is 2.92. The van der Waals surface area contributed by atoms with Gasteiger partial charge in [0.05, 0.1) is 12.8 Å². The third kappa shape index (κ3) is 3.76. The van der Waals surface area contributed by atoms with Crippen LogP contribution in [0.2, 0.25) is 0 Å². The van der Waals surface area contributed by atoms with Gasteiger partial charge >= 0.3 is 6.18 Å². The van der Waals surface area contributed by atoms with Crippen LogP contribution in [0.3, 0.4) is 0 Å². The minimum Gasteiger partial charge on any atom is -0.497 e. The van der Waals surface area contributed by atoms with Gasteiger partial charge in [0.2, 0.25) is 0 Å². The molecule has 1 N–H and O–H groups in total. The van der Waals surface area contributed by atoms with E-state index in [1.165, 1.54) is 19.2 Å². The summed E-state index contributed by atoms with van der Waals surface area (Å²) in [6.45, 7) is 0.708. The first-order valence-corrected chi connectivity index (χ1v) is 6.23. The zero-order chi connectivity index (χ0) is 14.6. The van der Waals surface area contributed by atoms with Gasteiger partial charge in [0.25, 0.3) is 0 Å². The molecule has 0 aliphatic carbocycles. The van der Waals surface area contributed by atoms with E-state index in [9.17, 15) is 13.2 Å². The van der Waals surface area contributed by atoms with E-state index in [-0.39, 0.29) is 5.69 Å². The van der Waals surface area contributed by atoms with Gasteiger partial charge in [0, 0.05) is 12.2 Å². The molecule has 0 unspecified atom stereocenters. The number of aliphatic imine (C=N–C) groups is 1. The fourth-order valence-electron chi connectivity index (χ4n) is 1.88. The number of benzene rings is 1. The fraction of sp³-hybridized carbons (Fsp3) is 0.357. The summed E-state index contributed by atoms with van der Waals surface area (Å²) in [6, 6.07) is 6.14. The zero-order valence-electron chi connectivity index (χ0n) is 11.0. The number of halogens is 3. The molecule has 0 atom stereocenters.